The average molecular weight is 443 g/mol. The lowest BCUT2D eigenvalue weighted by Crippen LogP contribution is -2.47. The van der Waals surface area contributed by atoms with Crippen molar-refractivity contribution in [3.63, 3.8) is 0 Å². The van der Waals surface area contributed by atoms with E-state index in [0.717, 1.165) is 75.3 Å². The zero-order valence-electron chi connectivity index (χ0n) is 18.0. The molecule has 0 aromatic heterocycles. The summed E-state index contributed by atoms with van der Waals surface area (Å²) in [6.45, 7) is 1.27. The van der Waals surface area contributed by atoms with Crippen molar-refractivity contribution in [2.75, 3.05) is 18.5 Å². The highest BCUT2D eigenvalue weighted by atomic mass is 19.1. The topological polar surface area (TPSA) is 67.4 Å². The molecule has 1 heterocycles. The van der Waals surface area contributed by atoms with E-state index in [1.807, 2.05) is 12.1 Å². The molecule has 7 heteroatoms. The smallest absolute Gasteiger partial charge is 0.258 e. The van der Waals surface area contributed by atoms with Gasteiger partial charge in [0.1, 0.15) is 11.6 Å². The van der Waals surface area contributed by atoms with Gasteiger partial charge < -0.3 is 15.4 Å². The Hall–Kier alpha value is -2.80. The van der Waals surface area contributed by atoms with Gasteiger partial charge in [0.15, 0.2) is 0 Å². The van der Waals surface area contributed by atoms with Gasteiger partial charge in [0.2, 0.25) is 5.91 Å². The minimum atomic E-state index is -0.787. The van der Waals surface area contributed by atoms with Gasteiger partial charge in [-0.05, 0) is 61.6 Å². The van der Waals surface area contributed by atoms with E-state index >= 15 is 0 Å². The molecule has 0 spiro atoms. The summed E-state index contributed by atoms with van der Waals surface area (Å²) >= 11 is 0. The summed E-state index contributed by atoms with van der Waals surface area (Å²) in [7, 11) is 0. The first kappa shape index (κ1) is 22.4. The molecule has 2 N–H and O–H groups in total. The van der Waals surface area contributed by atoms with E-state index in [2.05, 4.69) is 10.6 Å². The molecular weight excluding hydrogens is 414 g/mol. The van der Waals surface area contributed by atoms with Crippen molar-refractivity contribution in [3.05, 3.63) is 65.2 Å². The first-order valence-corrected chi connectivity index (χ1v) is 11.2. The lowest BCUT2D eigenvalue weighted by atomic mass is 9.68. The number of halogens is 2. The fourth-order valence-corrected chi connectivity index (χ4v) is 4.73. The zero-order valence-corrected chi connectivity index (χ0v) is 18.0. The van der Waals surface area contributed by atoms with Gasteiger partial charge in [0.05, 0.1) is 17.1 Å². The van der Waals surface area contributed by atoms with Crippen LogP contribution >= 0.6 is 0 Å². The summed E-state index contributed by atoms with van der Waals surface area (Å²) in [6.07, 6.45) is 6.67. The van der Waals surface area contributed by atoms with Crippen LogP contribution in [0.1, 0.15) is 60.9 Å². The van der Waals surface area contributed by atoms with Gasteiger partial charge in [-0.2, -0.15) is 0 Å². The second-order valence-corrected chi connectivity index (χ2v) is 8.64. The molecule has 1 aliphatic carbocycles. The molecule has 1 saturated carbocycles. The molecule has 1 aliphatic heterocycles. The minimum Gasteiger partial charge on any atom is -0.376 e. The average Bonchev–Trinajstić information content (AvgIpc) is 3.33. The summed E-state index contributed by atoms with van der Waals surface area (Å²) in [4.78, 5) is 25.6. The van der Waals surface area contributed by atoms with Crippen LogP contribution in [0.15, 0.2) is 42.5 Å². The third-order valence-corrected chi connectivity index (χ3v) is 6.52. The quantitative estimate of drug-likeness (QED) is 0.681. The normalized spacial score (nSPS) is 20.0. The predicted octanol–water partition coefficient (Wildman–Crippen LogP) is 4.71. The molecule has 4 rings (SSSR count). The van der Waals surface area contributed by atoms with Crippen LogP contribution in [0.4, 0.5) is 14.5 Å². The van der Waals surface area contributed by atoms with Crippen LogP contribution in [0, 0.1) is 11.6 Å². The van der Waals surface area contributed by atoms with Crippen molar-refractivity contribution < 1.29 is 23.1 Å². The number of hydrogen-bond acceptors (Lipinski definition) is 3. The number of anilines is 1. The number of nitrogens with one attached hydrogen (secondary N) is 2. The van der Waals surface area contributed by atoms with E-state index in [1.54, 1.807) is 12.1 Å². The summed E-state index contributed by atoms with van der Waals surface area (Å²) in [6, 6.07) is 9.85. The van der Waals surface area contributed by atoms with Crippen molar-refractivity contribution in [3.8, 4) is 0 Å². The minimum absolute atomic E-state index is 0.0197. The second kappa shape index (κ2) is 9.77. The lowest BCUT2D eigenvalue weighted by Gasteiger charge is -2.36. The third-order valence-electron chi connectivity index (χ3n) is 6.52. The zero-order chi connectivity index (χ0) is 22.6. The monoisotopic (exact) mass is 442 g/mol. The third kappa shape index (κ3) is 4.83. The first-order valence-electron chi connectivity index (χ1n) is 11.2. The van der Waals surface area contributed by atoms with Crippen LogP contribution in [-0.4, -0.2) is 31.1 Å². The van der Waals surface area contributed by atoms with E-state index < -0.39 is 23.0 Å². The van der Waals surface area contributed by atoms with Gasteiger partial charge in [0, 0.05) is 18.8 Å². The maximum atomic E-state index is 13.9. The van der Waals surface area contributed by atoms with Crippen LogP contribution in [0.2, 0.25) is 0 Å². The Morgan fingerprint density at radius 3 is 2.44 bits per heavy atom. The van der Waals surface area contributed by atoms with E-state index in [4.69, 9.17) is 4.74 Å². The van der Waals surface area contributed by atoms with Gasteiger partial charge in [-0.3, -0.25) is 9.59 Å². The Morgan fingerprint density at radius 1 is 1.00 bits per heavy atom. The Morgan fingerprint density at radius 2 is 1.75 bits per heavy atom. The maximum absolute atomic E-state index is 13.9. The summed E-state index contributed by atoms with van der Waals surface area (Å²) in [5.74, 6) is -2.17. The molecule has 2 amide bonds. The summed E-state index contributed by atoms with van der Waals surface area (Å²) in [5, 5.41) is 5.70. The molecule has 1 atom stereocenters. The second-order valence-electron chi connectivity index (χ2n) is 8.64. The molecule has 2 aromatic rings. The van der Waals surface area contributed by atoms with Gasteiger partial charge in [-0.1, -0.05) is 31.4 Å². The van der Waals surface area contributed by atoms with Crippen molar-refractivity contribution in [1.29, 1.82) is 0 Å². The van der Waals surface area contributed by atoms with E-state index in [1.165, 1.54) is 0 Å². The number of hydrogen-bond donors (Lipinski definition) is 2. The first-order chi connectivity index (χ1) is 15.5. The van der Waals surface area contributed by atoms with E-state index in [0.29, 0.717) is 12.2 Å². The highest BCUT2D eigenvalue weighted by Crippen LogP contribution is 2.40. The molecule has 2 fully saturated rings. The number of carbonyl (C=O) groups is 2. The summed E-state index contributed by atoms with van der Waals surface area (Å²) in [5.41, 5.74) is 0.394. The summed E-state index contributed by atoms with van der Waals surface area (Å²) < 4.78 is 32.9. The van der Waals surface area contributed by atoms with Gasteiger partial charge in [0.25, 0.3) is 5.91 Å². The number of carbonyl (C=O) groups excluding carboxylic acids is 2. The lowest BCUT2D eigenvalue weighted by molar-refractivity contribution is -0.128. The molecule has 0 radical (unpaired) electrons. The SMILES string of the molecule is O=C(Nc1ccc(C2(C(=O)NC[C@@H]3CCCO3)CCCCC2)cc1)c1cc(F)ccc1F. The van der Waals surface area contributed by atoms with Crippen LogP contribution in [-0.2, 0) is 14.9 Å². The molecule has 0 unspecified atom stereocenters. The Labute approximate surface area is 186 Å². The largest absolute Gasteiger partial charge is 0.376 e. The van der Waals surface area contributed by atoms with Crippen molar-refractivity contribution >= 4 is 17.5 Å². The predicted molar refractivity (Wildman–Crippen MR) is 117 cm³/mol. The number of amides is 2. The van der Waals surface area contributed by atoms with Crippen LogP contribution in [0.5, 0.6) is 0 Å². The highest BCUT2D eigenvalue weighted by molar-refractivity contribution is 6.04. The Balaban J connectivity index is 1.48. The molecule has 0 bridgehead atoms. The van der Waals surface area contributed by atoms with Crippen molar-refractivity contribution in [2.24, 2.45) is 0 Å². The number of benzene rings is 2. The molecule has 2 aliphatic rings. The standard InChI is InChI=1S/C25H28F2N2O3/c26-18-8-11-22(27)21(15-18)23(30)29-19-9-6-17(7-10-19)25(12-2-1-3-13-25)24(31)28-16-20-5-4-14-32-20/h6-11,15,20H,1-5,12-14,16H2,(H,28,31)(H,29,30)/t20-/m0/s1. The van der Waals surface area contributed by atoms with Gasteiger partial charge in [-0.25, -0.2) is 8.78 Å². The van der Waals surface area contributed by atoms with Crippen LogP contribution in [0.25, 0.3) is 0 Å². The van der Waals surface area contributed by atoms with Gasteiger partial charge >= 0.3 is 0 Å². The van der Waals surface area contributed by atoms with Crippen LogP contribution in [0.3, 0.4) is 0 Å². The molecule has 1 saturated heterocycles. The molecule has 5 nitrogen and oxygen atoms in total. The fraction of sp³-hybridized carbons (Fsp3) is 0.440. The molecule has 32 heavy (non-hydrogen) atoms. The number of ether oxygens (including phenoxy) is 1. The van der Waals surface area contributed by atoms with Crippen molar-refractivity contribution in [1.82, 2.24) is 5.32 Å². The fourth-order valence-electron chi connectivity index (χ4n) is 4.73. The molecular formula is C25H28F2N2O3. The highest BCUT2D eigenvalue weighted by Gasteiger charge is 2.41. The van der Waals surface area contributed by atoms with Crippen molar-refractivity contribution in [2.45, 2.75) is 56.5 Å². The Kier molecular flexibility index (Phi) is 6.84. The van der Waals surface area contributed by atoms with Gasteiger partial charge in [-0.15, -0.1) is 0 Å². The molecule has 2 aromatic carbocycles. The number of rotatable bonds is 6. The van der Waals surface area contributed by atoms with E-state index in [9.17, 15) is 18.4 Å². The van der Waals surface area contributed by atoms with E-state index in [-0.39, 0.29) is 17.6 Å². The molecule has 170 valence electrons. The van der Waals surface area contributed by atoms with Crippen LogP contribution < -0.4 is 10.6 Å². The Bertz CT molecular complexity index is 966. The maximum Gasteiger partial charge on any atom is 0.258 e.